The van der Waals surface area contributed by atoms with E-state index < -0.39 is 0 Å². The minimum atomic E-state index is 0.250. The summed E-state index contributed by atoms with van der Waals surface area (Å²) in [4.78, 5) is 0. The van der Waals surface area contributed by atoms with Gasteiger partial charge in [0, 0.05) is 6.67 Å². The van der Waals surface area contributed by atoms with Crippen LogP contribution in [-0.4, -0.2) is 6.67 Å². The minimum absolute atomic E-state index is 0.250. The molecule has 0 heterocycles. The van der Waals surface area contributed by atoms with Gasteiger partial charge in [-0.05, 0) is 11.8 Å². The van der Waals surface area contributed by atoms with Crippen molar-refractivity contribution in [2.75, 3.05) is 6.67 Å². The topological polar surface area (TPSA) is 52.0 Å². The number of rotatable bonds is 3. The lowest BCUT2D eigenvalue weighted by atomic mass is 9.90. The molecule has 0 fully saturated rings. The molecule has 0 bridgehead atoms. The van der Waals surface area contributed by atoms with Crippen LogP contribution in [-0.2, 0) is 0 Å². The van der Waals surface area contributed by atoms with Crippen molar-refractivity contribution in [1.29, 1.82) is 0 Å². The fourth-order valence-electron chi connectivity index (χ4n) is 0.905. The molecule has 0 aromatic rings. The quantitative estimate of drug-likeness (QED) is 0.510. The lowest BCUT2D eigenvalue weighted by Gasteiger charge is -2.16. The van der Waals surface area contributed by atoms with Gasteiger partial charge in [0.05, 0.1) is 0 Å². The number of unbranched alkanes of at least 4 members (excludes halogenated alkanes) is 2. The highest BCUT2D eigenvalue weighted by atomic mass is 14.7. The SMILES string of the molecule is CCCCCC(C)(C)C.NCN. The molecule has 0 aromatic carbocycles. The predicted octanol–water partition coefficient (Wildman–Crippen LogP) is 2.47. The van der Waals surface area contributed by atoms with Crippen molar-refractivity contribution in [1.82, 2.24) is 0 Å². The second-order valence-electron chi connectivity index (χ2n) is 4.25. The van der Waals surface area contributed by atoms with Gasteiger partial charge in [-0.3, -0.25) is 0 Å². The van der Waals surface area contributed by atoms with Gasteiger partial charge in [0.15, 0.2) is 0 Å². The molecule has 76 valence electrons. The smallest absolute Gasteiger partial charge is 0.0403 e. The molecule has 0 saturated heterocycles. The zero-order valence-electron chi connectivity index (χ0n) is 9.19. The van der Waals surface area contributed by atoms with E-state index in [4.69, 9.17) is 0 Å². The summed E-state index contributed by atoms with van der Waals surface area (Å²) in [6.07, 6.45) is 5.52. The molecule has 0 aliphatic carbocycles. The fraction of sp³-hybridized carbons (Fsp3) is 1.00. The summed E-state index contributed by atoms with van der Waals surface area (Å²) < 4.78 is 0. The monoisotopic (exact) mass is 174 g/mol. The Hall–Kier alpha value is -0.0800. The van der Waals surface area contributed by atoms with Crippen LogP contribution >= 0.6 is 0 Å². The molecule has 0 aliphatic heterocycles. The maximum atomic E-state index is 4.62. The first kappa shape index (κ1) is 14.4. The lowest BCUT2D eigenvalue weighted by Crippen LogP contribution is -2.08. The standard InChI is InChI=1S/C9H20.CH6N2/c1-5-6-7-8-9(2,3)4;2-1-3/h5-8H2,1-4H3;1-3H2. The van der Waals surface area contributed by atoms with Crippen molar-refractivity contribution in [3.63, 3.8) is 0 Å². The molecule has 0 radical (unpaired) electrons. The van der Waals surface area contributed by atoms with E-state index >= 15 is 0 Å². The molecule has 0 atom stereocenters. The summed E-state index contributed by atoms with van der Waals surface area (Å²) in [6, 6.07) is 0. The molecule has 0 rings (SSSR count). The molecule has 12 heavy (non-hydrogen) atoms. The van der Waals surface area contributed by atoms with Gasteiger partial charge < -0.3 is 11.5 Å². The Kier molecular flexibility index (Phi) is 10.8. The summed E-state index contributed by atoms with van der Waals surface area (Å²) in [5, 5.41) is 0. The van der Waals surface area contributed by atoms with Gasteiger partial charge in [-0.2, -0.15) is 0 Å². The third-order valence-electron chi connectivity index (χ3n) is 1.53. The van der Waals surface area contributed by atoms with Crippen molar-refractivity contribution in [3.8, 4) is 0 Å². The fourth-order valence-corrected chi connectivity index (χ4v) is 0.905. The number of hydrogen-bond donors (Lipinski definition) is 2. The lowest BCUT2D eigenvalue weighted by molar-refractivity contribution is 0.359. The molecule has 2 heteroatoms. The van der Waals surface area contributed by atoms with Crippen molar-refractivity contribution in [2.45, 2.75) is 53.4 Å². The van der Waals surface area contributed by atoms with E-state index in [1.54, 1.807) is 0 Å². The van der Waals surface area contributed by atoms with Crippen molar-refractivity contribution in [3.05, 3.63) is 0 Å². The molecule has 0 amide bonds. The Morgan fingerprint density at radius 3 is 1.67 bits per heavy atom. The first-order valence-corrected chi connectivity index (χ1v) is 4.88. The molecular weight excluding hydrogens is 148 g/mol. The van der Waals surface area contributed by atoms with E-state index in [0.717, 1.165) is 0 Å². The Morgan fingerprint density at radius 2 is 1.42 bits per heavy atom. The van der Waals surface area contributed by atoms with Crippen LogP contribution in [0.2, 0.25) is 0 Å². The molecule has 4 N–H and O–H groups in total. The van der Waals surface area contributed by atoms with Crippen molar-refractivity contribution >= 4 is 0 Å². The van der Waals surface area contributed by atoms with Crippen molar-refractivity contribution in [2.24, 2.45) is 16.9 Å². The normalized spacial score (nSPS) is 10.5. The van der Waals surface area contributed by atoms with E-state index in [1.807, 2.05) is 0 Å². The number of hydrogen-bond acceptors (Lipinski definition) is 2. The van der Waals surface area contributed by atoms with Gasteiger partial charge in [0.1, 0.15) is 0 Å². The van der Waals surface area contributed by atoms with E-state index in [-0.39, 0.29) is 6.67 Å². The summed E-state index contributed by atoms with van der Waals surface area (Å²) in [7, 11) is 0. The summed E-state index contributed by atoms with van der Waals surface area (Å²) >= 11 is 0. The van der Waals surface area contributed by atoms with Gasteiger partial charge in [0.25, 0.3) is 0 Å². The largest absolute Gasteiger partial charge is 0.319 e. The highest BCUT2D eigenvalue weighted by Crippen LogP contribution is 2.21. The van der Waals surface area contributed by atoms with Crippen LogP contribution in [0.15, 0.2) is 0 Å². The summed E-state index contributed by atoms with van der Waals surface area (Å²) in [5.74, 6) is 0. The van der Waals surface area contributed by atoms with E-state index in [9.17, 15) is 0 Å². The van der Waals surface area contributed by atoms with Crippen LogP contribution < -0.4 is 11.5 Å². The van der Waals surface area contributed by atoms with Crippen LogP contribution in [0.1, 0.15) is 53.4 Å². The van der Waals surface area contributed by atoms with E-state index in [1.165, 1.54) is 25.7 Å². The minimum Gasteiger partial charge on any atom is -0.319 e. The highest BCUT2D eigenvalue weighted by molar-refractivity contribution is 4.60. The third-order valence-corrected chi connectivity index (χ3v) is 1.53. The van der Waals surface area contributed by atoms with Gasteiger partial charge in [-0.25, -0.2) is 0 Å². The molecule has 0 aliphatic rings. The summed E-state index contributed by atoms with van der Waals surface area (Å²) in [5.41, 5.74) is 9.80. The van der Waals surface area contributed by atoms with Crippen LogP contribution in [0, 0.1) is 5.41 Å². The van der Waals surface area contributed by atoms with Crippen LogP contribution in [0.3, 0.4) is 0 Å². The molecule has 0 aromatic heterocycles. The highest BCUT2D eigenvalue weighted by Gasteiger charge is 2.07. The maximum Gasteiger partial charge on any atom is 0.0403 e. The van der Waals surface area contributed by atoms with Crippen LogP contribution in [0.4, 0.5) is 0 Å². The maximum absolute atomic E-state index is 4.62. The summed E-state index contributed by atoms with van der Waals surface area (Å²) in [6.45, 7) is 9.43. The first-order chi connectivity index (χ1) is 5.47. The second-order valence-corrected chi connectivity index (χ2v) is 4.25. The third kappa shape index (κ3) is 22.5. The van der Waals surface area contributed by atoms with Gasteiger partial charge in [-0.15, -0.1) is 0 Å². The molecule has 2 nitrogen and oxygen atoms in total. The Labute approximate surface area is 77.7 Å². The van der Waals surface area contributed by atoms with Crippen molar-refractivity contribution < 1.29 is 0 Å². The zero-order valence-corrected chi connectivity index (χ0v) is 9.19. The Balaban J connectivity index is 0. The zero-order chi connectivity index (χ0) is 10.0. The first-order valence-electron chi connectivity index (χ1n) is 4.88. The van der Waals surface area contributed by atoms with E-state index in [0.29, 0.717) is 5.41 Å². The van der Waals surface area contributed by atoms with Gasteiger partial charge in [-0.1, -0.05) is 47.0 Å². The van der Waals surface area contributed by atoms with Crippen LogP contribution in [0.25, 0.3) is 0 Å². The average molecular weight is 174 g/mol. The van der Waals surface area contributed by atoms with Crippen LogP contribution in [0.5, 0.6) is 0 Å². The Morgan fingerprint density at radius 1 is 1.00 bits per heavy atom. The predicted molar refractivity (Wildman–Crippen MR) is 56.8 cm³/mol. The molecular formula is C10H26N2. The van der Waals surface area contributed by atoms with Gasteiger partial charge >= 0.3 is 0 Å². The van der Waals surface area contributed by atoms with E-state index in [2.05, 4.69) is 39.2 Å². The number of nitrogens with two attached hydrogens (primary N) is 2. The molecule has 0 saturated carbocycles. The Bertz CT molecular complexity index is 74.4. The molecule has 0 spiro atoms. The average Bonchev–Trinajstić information content (AvgIpc) is 1.87. The van der Waals surface area contributed by atoms with Gasteiger partial charge in [0.2, 0.25) is 0 Å². The second kappa shape index (κ2) is 9.01. The molecule has 0 unspecified atom stereocenters.